The molecule has 0 aromatic rings. The molecule has 7 radical (unpaired) electrons. The number of hydrogen-bond acceptors (Lipinski definition) is 0. The molecule has 0 aliphatic rings. The van der Waals surface area contributed by atoms with E-state index in [1.807, 2.05) is 0 Å². The van der Waals surface area contributed by atoms with Gasteiger partial charge in [0.25, 0.3) is 0 Å². The number of rotatable bonds is 0. The van der Waals surface area contributed by atoms with Crippen molar-refractivity contribution in [3.05, 3.63) is 0 Å². The van der Waals surface area contributed by atoms with Gasteiger partial charge in [0, 0.05) is 67.8 Å². The van der Waals surface area contributed by atoms with Gasteiger partial charge in [0.1, 0.15) is 0 Å². The van der Waals surface area contributed by atoms with Crippen LogP contribution < -0.4 is 0 Å². The molecule has 4 heteroatoms. The fourth-order valence-corrected chi connectivity index (χ4v) is 0. The third kappa shape index (κ3) is 9.01. The van der Waals surface area contributed by atoms with Crippen molar-refractivity contribution in [3.8, 4) is 0 Å². The molecule has 0 atom stereocenters. The second kappa shape index (κ2) is 20.1. The molecule has 0 aromatic carbocycles. The Labute approximate surface area is 67.2 Å². The van der Waals surface area contributed by atoms with Crippen molar-refractivity contribution in [1.29, 1.82) is 0 Å². The molecule has 13 valence electrons. The molecule has 4 heavy (non-hydrogen) atoms. The van der Waals surface area contributed by atoms with Gasteiger partial charge in [0.15, 0.2) is 0 Å². The van der Waals surface area contributed by atoms with Crippen molar-refractivity contribution in [2.45, 2.75) is 0 Å². The summed E-state index contributed by atoms with van der Waals surface area (Å²) in [7, 11) is 0. The minimum absolute atomic E-state index is 0. The first-order valence-electron chi connectivity index (χ1n) is 0. The van der Waals surface area contributed by atoms with Gasteiger partial charge >= 0.3 is 0 Å². The molecule has 0 aliphatic heterocycles. The predicted molar refractivity (Wildman–Crippen MR) is 12.2 cm³/mol. The van der Waals surface area contributed by atoms with Gasteiger partial charge in [-0.05, 0) is 0 Å². The van der Waals surface area contributed by atoms with Crippen LogP contribution in [0, 0.1) is 0 Å². The first kappa shape index (κ1) is 37.7. The zero-order chi connectivity index (χ0) is 0. The van der Waals surface area contributed by atoms with Gasteiger partial charge in [-0.1, -0.05) is 0 Å². The van der Waals surface area contributed by atoms with Crippen LogP contribution in [0.25, 0.3) is 0 Å². The first-order chi connectivity index (χ1) is 0. The van der Waals surface area contributed by atoms with Gasteiger partial charge < -0.3 is 0 Å². The summed E-state index contributed by atoms with van der Waals surface area (Å²) in [6.45, 7) is 0. The van der Waals surface area contributed by atoms with E-state index in [9.17, 15) is 0 Å². The molecule has 0 fully saturated rings. The van der Waals surface area contributed by atoms with E-state index in [-0.39, 0.29) is 67.8 Å². The molecule has 0 saturated carbocycles. The smallest absolute Gasteiger partial charge is 0 e. The Hall–Kier alpha value is 1.99. The summed E-state index contributed by atoms with van der Waals surface area (Å²) in [6, 6.07) is 0. The molecule has 0 spiro atoms. The van der Waals surface area contributed by atoms with Gasteiger partial charge in [0.2, 0.25) is 0 Å². The molecule has 1 nitrogen and oxygen atoms in total. The zero-order valence-electron chi connectivity index (χ0n) is 2.40. The maximum Gasteiger partial charge on any atom is 0 e. The van der Waals surface area contributed by atoms with E-state index in [2.05, 4.69) is 0 Å². The minimum atomic E-state index is 0. The summed E-state index contributed by atoms with van der Waals surface area (Å²) < 4.78 is 0. The molecule has 0 aromatic heterocycles. The fraction of sp³-hybridized carbons (Fsp3) is 0. The average Bonchev–Trinajstić information content (AvgIpc) is 0. The molecule has 0 aliphatic carbocycles. The monoisotopic (exact) mass is 173 g/mol. The summed E-state index contributed by atoms with van der Waals surface area (Å²) in [6.07, 6.45) is 0. The summed E-state index contributed by atoms with van der Waals surface area (Å²) in [5, 5.41) is 0. The summed E-state index contributed by atoms with van der Waals surface area (Å²) in [5.74, 6) is 0. The van der Waals surface area contributed by atoms with Crippen LogP contribution in [0.15, 0.2) is 0 Å². The molecule has 0 saturated heterocycles. The van der Waals surface area contributed by atoms with E-state index in [1.54, 1.807) is 0 Å². The van der Waals surface area contributed by atoms with E-state index < -0.39 is 0 Å². The molecule has 0 rings (SSSR count). The molecular weight excluding hydrogens is 175 g/mol. The molecule has 0 heterocycles. The van der Waals surface area contributed by atoms with Crippen molar-refractivity contribution < 1.29 is 25.0 Å². The first-order valence-corrected chi connectivity index (χ1v) is 0. The van der Waals surface area contributed by atoms with E-state index in [0.29, 0.717) is 0 Å². The van der Waals surface area contributed by atoms with E-state index >= 15 is 0 Å². The Kier molecular flexibility index (Phi) is 189. The van der Waals surface area contributed by atoms with Crippen LogP contribution >= 0.6 is 0 Å². The normalized spacial score (nSPS) is 0. The summed E-state index contributed by atoms with van der Waals surface area (Å²) >= 11 is 0. The SMILES string of the molecule is [Ga].[Mg].[O].[Zn]. The van der Waals surface area contributed by atoms with Gasteiger partial charge in [-0.25, -0.2) is 0 Å². The number of hydrogen-bond donors (Lipinski definition) is 0. The molecular formula is GaMgOZn. The zero-order valence-corrected chi connectivity index (χ0v) is 9.20. The van der Waals surface area contributed by atoms with Crippen LogP contribution in [0.5, 0.6) is 0 Å². The van der Waals surface area contributed by atoms with E-state index in [4.69, 9.17) is 0 Å². The molecule has 0 unspecified atom stereocenters. The van der Waals surface area contributed by atoms with Crippen molar-refractivity contribution in [2.24, 2.45) is 0 Å². The Morgan fingerprint density at radius 2 is 1.00 bits per heavy atom. The van der Waals surface area contributed by atoms with Crippen molar-refractivity contribution in [3.63, 3.8) is 0 Å². The maximum absolute atomic E-state index is 0. The van der Waals surface area contributed by atoms with Crippen LogP contribution in [-0.2, 0) is 25.0 Å². The molecule has 0 N–H and O–H groups in total. The molecule has 0 amide bonds. The Morgan fingerprint density at radius 3 is 1.00 bits per heavy atom. The topological polar surface area (TPSA) is 28.5 Å². The van der Waals surface area contributed by atoms with Gasteiger partial charge in [-0.15, -0.1) is 0 Å². The Morgan fingerprint density at radius 1 is 1.00 bits per heavy atom. The maximum atomic E-state index is 0. The standard InChI is InChI=1S/Ga.Mg.O.Zn. The van der Waals surface area contributed by atoms with Gasteiger partial charge in [0.05, 0.1) is 0 Å². The quantitative estimate of drug-likeness (QED) is 0.428. The third-order valence-electron chi connectivity index (χ3n) is 0. The van der Waals surface area contributed by atoms with Crippen LogP contribution in [-0.4, -0.2) is 42.8 Å². The average molecular weight is 175 g/mol. The van der Waals surface area contributed by atoms with E-state index in [0.717, 1.165) is 0 Å². The van der Waals surface area contributed by atoms with Crippen molar-refractivity contribution in [1.82, 2.24) is 0 Å². The summed E-state index contributed by atoms with van der Waals surface area (Å²) in [4.78, 5) is 0. The fourth-order valence-electron chi connectivity index (χ4n) is 0. The van der Waals surface area contributed by atoms with Crippen LogP contribution in [0.2, 0.25) is 0 Å². The van der Waals surface area contributed by atoms with Gasteiger partial charge in [-0.2, -0.15) is 0 Å². The minimum Gasteiger partial charge on any atom is 0 e. The largest absolute Gasteiger partial charge is 0 e. The Balaban J connectivity index is 0. The second-order valence-corrected chi connectivity index (χ2v) is 0. The third-order valence-corrected chi connectivity index (χ3v) is 0. The van der Waals surface area contributed by atoms with Crippen LogP contribution in [0.4, 0.5) is 0 Å². The Bertz CT molecular complexity index is 8.00. The van der Waals surface area contributed by atoms with Crippen LogP contribution in [0.3, 0.4) is 0 Å². The van der Waals surface area contributed by atoms with Crippen molar-refractivity contribution in [2.75, 3.05) is 0 Å². The van der Waals surface area contributed by atoms with Crippen molar-refractivity contribution >= 4 is 42.8 Å². The second-order valence-electron chi connectivity index (χ2n) is 0. The molecule has 0 bridgehead atoms. The van der Waals surface area contributed by atoms with E-state index in [1.165, 1.54) is 0 Å². The van der Waals surface area contributed by atoms with Crippen LogP contribution in [0.1, 0.15) is 0 Å². The predicted octanol–water partition coefficient (Wildman–Crippen LogP) is -0.883. The van der Waals surface area contributed by atoms with Gasteiger partial charge in [-0.3, -0.25) is 0 Å². The summed E-state index contributed by atoms with van der Waals surface area (Å²) in [5.41, 5.74) is 0.